The summed E-state index contributed by atoms with van der Waals surface area (Å²) in [5.41, 5.74) is 10.0. The van der Waals surface area contributed by atoms with Crippen LogP contribution in [0.15, 0.2) is 152 Å². The lowest BCUT2D eigenvalue weighted by molar-refractivity contribution is 0.102. The van der Waals surface area contributed by atoms with E-state index in [0.717, 1.165) is 106 Å². The topological polar surface area (TPSA) is 207 Å². The molecule has 0 aliphatic carbocycles. The quantitative estimate of drug-likeness (QED) is 0.0643. The van der Waals surface area contributed by atoms with Gasteiger partial charge in [0.1, 0.15) is 26.8 Å². The van der Waals surface area contributed by atoms with Crippen molar-refractivity contribution < 1.29 is 14.3 Å². The molecule has 0 spiro atoms. The van der Waals surface area contributed by atoms with Crippen LogP contribution >= 0.6 is 22.7 Å². The maximum atomic E-state index is 13.3. The smallest absolute Gasteiger partial charge is 0.272 e. The Bertz CT molecular complexity index is 4170. The van der Waals surface area contributed by atoms with Crippen LogP contribution in [-0.2, 0) is 25.9 Å². The molecule has 17 nitrogen and oxygen atoms in total. The zero-order valence-corrected chi connectivity index (χ0v) is 46.6. The minimum atomic E-state index is -0.604. The van der Waals surface area contributed by atoms with E-state index in [0.29, 0.717) is 58.7 Å². The molecule has 19 heteroatoms. The number of methoxy groups -OCH3 is 1. The molecule has 0 radical (unpaired) electrons. The van der Waals surface area contributed by atoms with Crippen LogP contribution in [0.25, 0.3) is 21.8 Å². The molecule has 8 heterocycles. The number of para-hydroxylation sites is 2. The van der Waals surface area contributed by atoms with E-state index < -0.39 is 16.3 Å². The number of fused-ring (bicyclic) bond motifs is 4. The van der Waals surface area contributed by atoms with Gasteiger partial charge < -0.3 is 46.0 Å². The van der Waals surface area contributed by atoms with E-state index in [1.807, 2.05) is 124 Å². The van der Waals surface area contributed by atoms with Crippen LogP contribution in [0.4, 0.5) is 51.2 Å². The standard InChI is InChI=1S/C31H27N5O3S.C28H22N4O4S.C4H9N/c37-28-26(35-13-3-4-14-35)27(29(28)38)36-15-10-19-7-8-21(17-25(19)36)34-31(39)30-24(11-16-40-30)33-18-20-9-12-32-23-6-2-1-5-22(20)23;1-36-26-23(24(33)25(26)34)32-12-9-16-6-7-18(14-22(16)32)31-28(35)27-21(10-13-37-27)30-15-17-8-11-29-20-5-3-2-4-19(17)20;1-2-4-5-3-1/h1-2,5-9,11-12,16-17,33H,3-4,10,13-15,18H2,(H,34,39);2-8,10-11,13-14,30H,9,12,15H2,1H3,(H,31,35);5H,1-4H2. The van der Waals surface area contributed by atoms with Crippen molar-refractivity contribution in [2.24, 2.45) is 0 Å². The average Bonchev–Trinajstić information content (AvgIpc) is 3.84. The Kier molecular flexibility index (Phi) is 15.4. The Balaban J connectivity index is 0.000000150. The summed E-state index contributed by atoms with van der Waals surface area (Å²) < 4.78 is 5.13. The lowest BCUT2D eigenvalue weighted by atomic mass is 10.1. The third-order valence-corrected chi connectivity index (χ3v) is 17.3. The fourth-order valence-electron chi connectivity index (χ4n) is 11.3. The van der Waals surface area contributed by atoms with Crippen molar-refractivity contribution in [3.05, 3.63) is 205 Å². The summed E-state index contributed by atoms with van der Waals surface area (Å²) in [5.74, 6) is -0.342. The number of benzene rings is 4. The molecule has 4 aliphatic heterocycles. The fraction of sp³-hybridized carbons (Fsp3) is 0.238. The molecule has 0 unspecified atom stereocenters. The van der Waals surface area contributed by atoms with Crippen molar-refractivity contribution in [3.8, 4) is 5.75 Å². The van der Waals surface area contributed by atoms with Crippen LogP contribution in [0.3, 0.4) is 0 Å². The molecule has 4 aromatic heterocycles. The molecule has 82 heavy (non-hydrogen) atoms. The first-order valence-corrected chi connectivity index (χ1v) is 29.3. The molecule has 5 N–H and O–H groups in total. The highest BCUT2D eigenvalue weighted by molar-refractivity contribution is 7.13. The largest absolute Gasteiger partial charge is 0.491 e. The molecule has 414 valence electrons. The molecule has 0 saturated carbocycles. The van der Waals surface area contributed by atoms with Crippen molar-refractivity contribution in [2.75, 3.05) is 82.3 Å². The molecule has 4 aliphatic rings. The van der Waals surface area contributed by atoms with Gasteiger partial charge in [-0.25, -0.2) is 0 Å². The molecule has 6 aromatic carbocycles. The number of rotatable bonds is 14. The van der Waals surface area contributed by atoms with Gasteiger partial charge in [-0.05, 0) is 145 Å². The first-order chi connectivity index (χ1) is 40.1. The van der Waals surface area contributed by atoms with Crippen molar-refractivity contribution >= 4 is 107 Å². The number of hydrogen-bond acceptors (Lipinski definition) is 17. The molecule has 0 atom stereocenters. The number of nitrogens with zero attached hydrogens (tertiary/aromatic N) is 5. The molecular formula is C63H58N10O7S2. The van der Waals surface area contributed by atoms with Crippen LogP contribution in [0, 0.1) is 0 Å². The van der Waals surface area contributed by atoms with E-state index in [1.54, 1.807) is 17.3 Å². The van der Waals surface area contributed by atoms with Gasteiger partial charge in [-0.3, -0.25) is 38.7 Å². The Morgan fingerprint density at radius 1 is 0.561 bits per heavy atom. The van der Waals surface area contributed by atoms with Crippen LogP contribution in [0.5, 0.6) is 5.75 Å². The monoisotopic (exact) mass is 1130 g/mol. The van der Waals surface area contributed by atoms with Gasteiger partial charge in [0.2, 0.25) is 0 Å². The maximum Gasteiger partial charge on any atom is 0.272 e. The predicted octanol–water partition coefficient (Wildman–Crippen LogP) is 9.88. The van der Waals surface area contributed by atoms with Crippen LogP contribution in [0.2, 0.25) is 0 Å². The second-order valence-electron chi connectivity index (χ2n) is 20.5. The van der Waals surface area contributed by atoms with E-state index >= 15 is 0 Å². The summed E-state index contributed by atoms with van der Waals surface area (Å²) in [7, 11) is 1.39. The molecular weight excluding hydrogens is 1070 g/mol. The van der Waals surface area contributed by atoms with Crippen LogP contribution in [0.1, 0.15) is 67.3 Å². The lowest BCUT2D eigenvalue weighted by Crippen LogP contribution is -2.44. The number of amides is 2. The number of thiophene rings is 2. The predicted molar refractivity (Wildman–Crippen MR) is 330 cm³/mol. The van der Waals surface area contributed by atoms with Gasteiger partial charge in [-0.1, -0.05) is 48.5 Å². The number of anilines is 9. The highest BCUT2D eigenvalue weighted by Gasteiger charge is 2.35. The van der Waals surface area contributed by atoms with Crippen molar-refractivity contribution in [2.45, 2.75) is 51.6 Å². The minimum Gasteiger partial charge on any atom is -0.491 e. The SMILES string of the molecule is C1CCNC1.COc1c(N2CCc3ccc(NC(=O)c4sccc4NCc4ccnc5ccccc45)cc32)c(=O)c1=O.O=C(Nc1ccc2c(c1)N(c1c(N3CCCC3)c(=O)c1=O)CC2)c1sccc1NCc1ccnc2ccccc12. The van der Waals surface area contributed by atoms with Gasteiger partial charge >= 0.3 is 0 Å². The van der Waals surface area contributed by atoms with E-state index in [4.69, 9.17) is 4.74 Å². The summed E-state index contributed by atoms with van der Waals surface area (Å²) in [6.45, 7) is 6.44. The van der Waals surface area contributed by atoms with Crippen molar-refractivity contribution in [3.63, 3.8) is 0 Å². The second kappa shape index (κ2) is 23.6. The summed E-state index contributed by atoms with van der Waals surface area (Å²) in [6, 6.07) is 35.2. The number of pyridine rings is 2. The first kappa shape index (κ1) is 53.6. The molecule has 14 rings (SSSR count). The Morgan fingerprint density at radius 2 is 1.05 bits per heavy atom. The van der Waals surface area contributed by atoms with E-state index in [9.17, 15) is 28.8 Å². The number of ether oxygens (including phenoxy) is 1. The summed E-state index contributed by atoms with van der Waals surface area (Å²) in [5, 5.41) is 22.0. The number of carbonyl (C=O) groups is 2. The summed E-state index contributed by atoms with van der Waals surface area (Å²) in [6.07, 6.45) is 9.94. The number of aromatic nitrogens is 2. The molecule has 2 fully saturated rings. The van der Waals surface area contributed by atoms with Crippen molar-refractivity contribution in [1.82, 2.24) is 15.3 Å². The van der Waals surface area contributed by atoms with Gasteiger partial charge in [-0.15, -0.1) is 22.7 Å². The molecule has 2 saturated heterocycles. The van der Waals surface area contributed by atoms with Gasteiger partial charge in [0.25, 0.3) is 33.5 Å². The average molecular weight is 1130 g/mol. The van der Waals surface area contributed by atoms with Crippen LogP contribution < -0.4 is 67.7 Å². The number of nitrogens with one attached hydrogen (secondary N) is 5. The van der Waals surface area contributed by atoms with E-state index in [-0.39, 0.29) is 28.7 Å². The third kappa shape index (κ3) is 10.6. The number of hydrogen-bond donors (Lipinski definition) is 5. The molecule has 0 bridgehead atoms. The van der Waals surface area contributed by atoms with Gasteiger partial charge in [0, 0.05) is 85.2 Å². The summed E-state index contributed by atoms with van der Waals surface area (Å²) in [4.78, 5) is 91.5. The Morgan fingerprint density at radius 3 is 1.55 bits per heavy atom. The molecule has 2 amide bonds. The van der Waals surface area contributed by atoms with Crippen molar-refractivity contribution in [1.29, 1.82) is 0 Å². The third-order valence-electron chi connectivity index (χ3n) is 15.5. The number of carbonyl (C=O) groups excluding carboxylic acids is 2. The van der Waals surface area contributed by atoms with Gasteiger partial charge in [-0.2, -0.15) is 0 Å². The van der Waals surface area contributed by atoms with Gasteiger partial charge in [0.15, 0.2) is 5.75 Å². The minimum absolute atomic E-state index is 0.0866. The zero-order chi connectivity index (χ0) is 56.3. The second-order valence-corrected chi connectivity index (χ2v) is 22.3. The maximum absolute atomic E-state index is 13.3. The highest BCUT2D eigenvalue weighted by Crippen LogP contribution is 2.41. The van der Waals surface area contributed by atoms with E-state index in [1.165, 1.54) is 55.7 Å². The lowest BCUT2D eigenvalue weighted by Gasteiger charge is -2.28. The normalized spacial score (nSPS) is 14.3. The Labute approximate surface area is 479 Å². The fourth-order valence-corrected chi connectivity index (χ4v) is 12.8. The Hall–Kier alpha value is -9.04. The molecule has 10 aromatic rings. The van der Waals surface area contributed by atoms with E-state index in [2.05, 4.69) is 42.6 Å². The zero-order valence-electron chi connectivity index (χ0n) is 45.0. The van der Waals surface area contributed by atoms with Gasteiger partial charge in [0.05, 0.1) is 29.5 Å². The highest BCUT2D eigenvalue weighted by atomic mass is 32.1. The van der Waals surface area contributed by atoms with Crippen LogP contribution in [-0.4, -0.2) is 68.2 Å². The summed E-state index contributed by atoms with van der Waals surface area (Å²) >= 11 is 2.74. The first-order valence-electron chi connectivity index (χ1n) is 27.5.